The molecule has 0 atom stereocenters. The van der Waals surface area contributed by atoms with Crippen LogP contribution in [0.5, 0.6) is 0 Å². The summed E-state index contributed by atoms with van der Waals surface area (Å²) in [5, 5.41) is 10.0. The number of carbonyl (C=O) groups excluding carboxylic acids is 1. The molecular formula is C26H25FN6OS. The molecule has 1 aliphatic heterocycles. The number of aliphatic imine (C=N–C) groups is 1. The van der Waals surface area contributed by atoms with Gasteiger partial charge in [0.05, 0.1) is 28.5 Å². The molecule has 178 valence electrons. The fourth-order valence-corrected chi connectivity index (χ4v) is 4.88. The number of benzene rings is 2. The Hall–Kier alpha value is -3.82. The van der Waals surface area contributed by atoms with Crippen LogP contribution < -0.4 is 10.7 Å². The molecule has 9 heteroatoms. The van der Waals surface area contributed by atoms with E-state index in [1.165, 1.54) is 17.4 Å². The molecule has 5 rings (SSSR count). The highest BCUT2D eigenvalue weighted by molar-refractivity contribution is 7.20. The summed E-state index contributed by atoms with van der Waals surface area (Å²) in [7, 11) is 3.78. The number of aryl methyl sites for hydroxylation is 3. The van der Waals surface area contributed by atoms with Crippen LogP contribution in [0, 0.1) is 19.7 Å². The number of hydrogen-bond donors (Lipinski definition) is 2. The first-order valence-corrected chi connectivity index (χ1v) is 12.0. The Labute approximate surface area is 206 Å². The SMILES string of the molecule is Cc1ccc2sc(C(=O)Nc3cc(C4=CC(=Nc5cc(C)n(C)n5)CN(C)N4)ccc3F)cc2c1. The van der Waals surface area contributed by atoms with Gasteiger partial charge in [-0.2, -0.15) is 5.10 Å². The van der Waals surface area contributed by atoms with Crippen molar-refractivity contribution in [3.05, 3.63) is 82.1 Å². The summed E-state index contributed by atoms with van der Waals surface area (Å²) in [6.07, 6.45) is 1.91. The van der Waals surface area contributed by atoms with E-state index in [0.29, 0.717) is 17.2 Å². The van der Waals surface area contributed by atoms with Gasteiger partial charge in [-0.1, -0.05) is 17.7 Å². The summed E-state index contributed by atoms with van der Waals surface area (Å²) in [4.78, 5) is 18.1. The highest BCUT2D eigenvalue weighted by atomic mass is 32.1. The average Bonchev–Trinajstić information content (AvgIpc) is 3.36. The van der Waals surface area contributed by atoms with Crippen LogP contribution in [0.3, 0.4) is 0 Å². The monoisotopic (exact) mass is 488 g/mol. The molecule has 2 aromatic heterocycles. The quantitative estimate of drug-likeness (QED) is 0.414. The van der Waals surface area contributed by atoms with Gasteiger partial charge in [0.15, 0.2) is 5.82 Å². The van der Waals surface area contributed by atoms with Gasteiger partial charge >= 0.3 is 0 Å². The molecule has 7 nitrogen and oxygen atoms in total. The molecule has 0 fully saturated rings. The van der Waals surface area contributed by atoms with E-state index in [9.17, 15) is 9.18 Å². The first-order chi connectivity index (χ1) is 16.7. The lowest BCUT2D eigenvalue weighted by molar-refractivity contribution is 0.103. The number of nitrogens with zero attached hydrogens (tertiary/aromatic N) is 4. The fraction of sp³-hybridized carbons (Fsp3) is 0.192. The highest BCUT2D eigenvalue weighted by Crippen LogP contribution is 2.28. The normalized spacial score (nSPS) is 15.3. The number of carbonyl (C=O) groups is 1. The van der Waals surface area contributed by atoms with E-state index >= 15 is 0 Å². The van der Waals surface area contributed by atoms with Gasteiger partial charge in [0.1, 0.15) is 5.82 Å². The molecule has 35 heavy (non-hydrogen) atoms. The summed E-state index contributed by atoms with van der Waals surface area (Å²) in [5.74, 6) is -0.200. The van der Waals surface area contributed by atoms with Crippen molar-refractivity contribution in [3.63, 3.8) is 0 Å². The van der Waals surface area contributed by atoms with Crippen molar-refractivity contribution in [1.82, 2.24) is 20.2 Å². The van der Waals surface area contributed by atoms with Crippen LogP contribution in [0.1, 0.15) is 26.5 Å². The van der Waals surface area contributed by atoms with Crippen molar-refractivity contribution in [1.29, 1.82) is 0 Å². The second kappa shape index (κ2) is 9.09. The minimum Gasteiger partial charge on any atom is -0.319 e. The van der Waals surface area contributed by atoms with Crippen molar-refractivity contribution in [2.24, 2.45) is 12.0 Å². The number of aromatic nitrogens is 2. The second-order valence-corrected chi connectivity index (χ2v) is 9.78. The Kier molecular flexibility index (Phi) is 5.96. The molecule has 2 aromatic carbocycles. The summed E-state index contributed by atoms with van der Waals surface area (Å²) >= 11 is 1.39. The summed E-state index contributed by atoms with van der Waals surface area (Å²) < 4.78 is 17.5. The van der Waals surface area contributed by atoms with E-state index in [1.54, 1.807) is 16.8 Å². The molecule has 1 aliphatic rings. The van der Waals surface area contributed by atoms with Gasteiger partial charge in [0.25, 0.3) is 5.91 Å². The van der Waals surface area contributed by atoms with Gasteiger partial charge in [-0.3, -0.25) is 9.48 Å². The maximum atomic E-state index is 14.7. The molecule has 3 heterocycles. The maximum Gasteiger partial charge on any atom is 0.265 e. The minimum absolute atomic E-state index is 0.121. The molecule has 4 aromatic rings. The van der Waals surface area contributed by atoms with Gasteiger partial charge in [-0.15, -0.1) is 11.3 Å². The van der Waals surface area contributed by atoms with E-state index in [-0.39, 0.29) is 11.6 Å². The fourth-order valence-electron chi connectivity index (χ4n) is 3.94. The van der Waals surface area contributed by atoms with Crippen LogP contribution >= 0.6 is 11.3 Å². The Bertz CT molecular complexity index is 1500. The summed E-state index contributed by atoms with van der Waals surface area (Å²) in [6.45, 7) is 4.56. The average molecular weight is 489 g/mol. The number of hydrazine groups is 1. The lowest BCUT2D eigenvalue weighted by Gasteiger charge is -2.26. The number of nitrogens with one attached hydrogen (secondary N) is 2. The number of thiophene rings is 1. The number of hydrogen-bond acceptors (Lipinski definition) is 6. The largest absolute Gasteiger partial charge is 0.319 e. The first-order valence-electron chi connectivity index (χ1n) is 11.1. The lowest BCUT2D eigenvalue weighted by Crippen LogP contribution is -2.40. The van der Waals surface area contributed by atoms with E-state index in [2.05, 4.69) is 20.8 Å². The number of fused-ring (bicyclic) bond motifs is 1. The Balaban J connectivity index is 1.42. The van der Waals surface area contributed by atoms with Gasteiger partial charge in [0.2, 0.25) is 0 Å². The van der Waals surface area contributed by atoms with Crippen molar-refractivity contribution >= 4 is 50.2 Å². The molecule has 0 bridgehead atoms. The summed E-state index contributed by atoms with van der Waals surface area (Å²) in [5.41, 5.74) is 7.83. The zero-order valence-corrected chi connectivity index (χ0v) is 20.7. The van der Waals surface area contributed by atoms with Gasteiger partial charge in [-0.05, 0) is 55.6 Å². The smallest absolute Gasteiger partial charge is 0.265 e. The molecule has 1 amide bonds. The molecule has 0 saturated carbocycles. The Morgan fingerprint density at radius 2 is 1.97 bits per heavy atom. The van der Waals surface area contributed by atoms with E-state index < -0.39 is 5.82 Å². The topological polar surface area (TPSA) is 74.5 Å². The van der Waals surface area contributed by atoms with Crippen LogP contribution in [-0.4, -0.2) is 40.0 Å². The van der Waals surface area contributed by atoms with Crippen LogP contribution in [0.25, 0.3) is 15.8 Å². The van der Waals surface area contributed by atoms with E-state index in [1.807, 2.05) is 69.4 Å². The maximum absolute atomic E-state index is 14.7. The van der Waals surface area contributed by atoms with Gasteiger partial charge in [-0.25, -0.2) is 14.4 Å². The number of anilines is 1. The van der Waals surface area contributed by atoms with Crippen LogP contribution in [0.15, 0.2) is 59.6 Å². The second-order valence-electron chi connectivity index (χ2n) is 8.70. The molecule has 2 N–H and O–H groups in total. The number of amides is 1. The zero-order valence-electron chi connectivity index (χ0n) is 19.9. The molecule has 0 spiro atoms. The van der Waals surface area contributed by atoms with E-state index in [4.69, 9.17) is 0 Å². The van der Waals surface area contributed by atoms with Crippen LogP contribution in [0.2, 0.25) is 0 Å². The number of rotatable bonds is 4. The predicted molar refractivity (Wildman–Crippen MR) is 140 cm³/mol. The third-order valence-electron chi connectivity index (χ3n) is 5.80. The molecule has 0 radical (unpaired) electrons. The highest BCUT2D eigenvalue weighted by Gasteiger charge is 2.18. The van der Waals surface area contributed by atoms with Crippen LogP contribution in [0.4, 0.5) is 15.9 Å². The van der Waals surface area contributed by atoms with Crippen molar-refractivity contribution < 1.29 is 9.18 Å². The molecule has 0 aliphatic carbocycles. The zero-order chi connectivity index (χ0) is 24.7. The third kappa shape index (κ3) is 4.87. The third-order valence-corrected chi connectivity index (χ3v) is 6.92. The predicted octanol–water partition coefficient (Wildman–Crippen LogP) is 5.21. The Morgan fingerprint density at radius 3 is 2.74 bits per heavy atom. The van der Waals surface area contributed by atoms with Gasteiger partial charge < -0.3 is 10.7 Å². The Morgan fingerprint density at radius 1 is 1.14 bits per heavy atom. The van der Waals surface area contributed by atoms with Crippen molar-refractivity contribution in [3.8, 4) is 0 Å². The van der Waals surface area contributed by atoms with E-state index in [0.717, 1.165) is 38.3 Å². The van der Waals surface area contributed by atoms with Crippen molar-refractivity contribution in [2.75, 3.05) is 18.9 Å². The minimum atomic E-state index is -0.498. The van der Waals surface area contributed by atoms with Crippen molar-refractivity contribution in [2.45, 2.75) is 13.8 Å². The lowest BCUT2D eigenvalue weighted by atomic mass is 10.1. The first kappa shape index (κ1) is 22.9. The van der Waals surface area contributed by atoms with Crippen LogP contribution in [-0.2, 0) is 7.05 Å². The van der Waals surface area contributed by atoms with Gasteiger partial charge in [0, 0.05) is 36.1 Å². The number of halogens is 1. The molecule has 0 saturated heterocycles. The summed E-state index contributed by atoms with van der Waals surface area (Å²) in [6, 6.07) is 14.5. The molecule has 0 unspecified atom stereocenters. The molecular weight excluding hydrogens is 463 g/mol. The standard InChI is InChI=1S/C26H25FN6OS/c1-15-5-8-23-18(9-15)12-24(35-23)26(34)29-22-11-17(6-7-20(22)27)21-13-19(14-32(3)30-21)28-25-10-16(2)33(4)31-25/h5-13,30H,14H2,1-4H3,(H,29,34).